The first-order valence-electron chi connectivity index (χ1n) is 7.17. The number of ether oxygens (including phenoxy) is 1. The van der Waals surface area contributed by atoms with Crippen LogP contribution < -0.4 is 0 Å². The van der Waals surface area contributed by atoms with Crippen LogP contribution in [0.2, 0.25) is 5.02 Å². The maximum Gasteiger partial charge on any atom is 0.409 e. The van der Waals surface area contributed by atoms with Crippen molar-refractivity contribution in [2.24, 2.45) is 0 Å². The second kappa shape index (κ2) is 7.46. The molecular weight excluding hydrogens is 347 g/mol. The van der Waals surface area contributed by atoms with E-state index in [0.29, 0.717) is 0 Å². The Kier molecular flexibility index (Phi) is 5.83. The van der Waals surface area contributed by atoms with Gasteiger partial charge in [0.1, 0.15) is 5.82 Å². The highest BCUT2D eigenvalue weighted by Gasteiger charge is 2.30. The molecule has 1 aliphatic heterocycles. The molecule has 0 bridgehead atoms. The Labute approximate surface area is 139 Å². The minimum atomic E-state index is -3.71. The molecule has 1 aromatic rings. The van der Waals surface area contributed by atoms with Crippen molar-refractivity contribution in [3.63, 3.8) is 0 Å². The summed E-state index contributed by atoms with van der Waals surface area (Å²) in [5.41, 5.74) is -0.0398. The van der Waals surface area contributed by atoms with E-state index in [9.17, 15) is 17.6 Å². The zero-order valence-corrected chi connectivity index (χ0v) is 14.2. The highest BCUT2D eigenvalue weighted by Crippen LogP contribution is 2.23. The van der Waals surface area contributed by atoms with Crippen molar-refractivity contribution in [2.45, 2.75) is 12.7 Å². The molecule has 1 amide bonds. The molecule has 6 nitrogen and oxygen atoms in total. The largest absolute Gasteiger partial charge is 0.450 e. The van der Waals surface area contributed by atoms with Crippen molar-refractivity contribution >= 4 is 27.7 Å². The first kappa shape index (κ1) is 18.0. The zero-order valence-electron chi connectivity index (χ0n) is 12.7. The predicted molar refractivity (Wildman–Crippen MR) is 84.2 cm³/mol. The Morgan fingerprint density at radius 1 is 1.30 bits per heavy atom. The summed E-state index contributed by atoms with van der Waals surface area (Å²) in [6.07, 6.45) is -0.457. The second-order valence-electron chi connectivity index (χ2n) is 5.04. The Morgan fingerprint density at radius 3 is 2.52 bits per heavy atom. The number of rotatable bonds is 4. The first-order chi connectivity index (χ1) is 10.8. The quantitative estimate of drug-likeness (QED) is 0.820. The van der Waals surface area contributed by atoms with E-state index >= 15 is 0 Å². The molecule has 1 saturated heterocycles. The molecule has 0 spiro atoms. The summed E-state index contributed by atoms with van der Waals surface area (Å²) in [5, 5.41) is 0.0822. The molecule has 0 radical (unpaired) electrons. The molecule has 2 rings (SSSR count). The fourth-order valence-electron chi connectivity index (χ4n) is 2.31. The van der Waals surface area contributed by atoms with Crippen LogP contribution in [0, 0.1) is 5.82 Å². The maximum atomic E-state index is 13.8. The third-order valence-corrected chi connectivity index (χ3v) is 5.71. The molecule has 0 unspecified atom stereocenters. The molecule has 1 fully saturated rings. The van der Waals surface area contributed by atoms with Gasteiger partial charge in [0.2, 0.25) is 10.0 Å². The monoisotopic (exact) mass is 364 g/mol. The van der Waals surface area contributed by atoms with Crippen molar-refractivity contribution in [2.75, 3.05) is 32.8 Å². The summed E-state index contributed by atoms with van der Waals surface area (Å²) in [4.78, 5) is 13.1. The molecule has 0 aliphatic carbocycles. The van der Waals surface area contributed by atoms with Gasteiger partial charge in [0, 0.05) is 36.8 Å². The molecule has 0 saturated carbocycles. The van der Waals surface area contributed by atoms with Crippen LogP contribution in [0.25, 0.3) is 0 Å². The molecule has 1 aliphatic rings. The van der Waals surface area contributed by atoms with Gasteiger partial charge in [-0.1, -0.05) is 17.7 Å². The van der Waals surface area contributed by atoms with Gasteiger partial charge in [0.15, 0.2) is 0 Å². The van der Waals surface area contributed by atoms with E-state index in [1.807, 2.05) is 0 Å². The predicted octanol–water partition coefficient (Wildman–Crippen LogP) is 2.08. The van der Waals surface area contributed by atoms with Crippen LogP contribution >= 0.6 is 11.6 Å². The number of benzene rings is 1. The van der Waals surface area contributed by atoms with Crippen molar-refractivity contribution in [1.29, 1.82) is 0 Å². The van der Waals surface area contributed by atoms with Crippen LogP contribution in [-0.2, 0) is 20.5 Å². The van der Waals surface area contributed by atoms with Gasteiger partial charge >= 0.3 is 6.09 Å². The third-order valence-electron chi connectivity index (χ3n) is 3.55. The molecule has 0 aromatic heterocycles. The SMILES string of the molecule is CCOC(=O)N1CCN(S(=O)(=O)Cc2c(F)cccc2Cl)CC1. The Hall–Kier alpha value is -1.38. The topological polar surface area (TPSA) is 66.9 Å². The minimum Gasteiger partial charge on any atom is -0.450 e. The fraction of sp³-hybridized carbons (Fsp3) is 0.500. The van der Waals surface area contributed by atoms with E-state index < -0.39 is 27.7 Å². The van der Waals surface area contributed by atoms with Crippen molar-refractivity contribution < 1.29 is 22.3 Å². The van der Waals surface area contributed by atoms with Crippen LogP contribution in [0.15, 0.2) is 18.2 Å². The lowest BCUT2D eigenvalue weighted by Crippen LogP contribution is -2.50. The van der Waals surface area contributed by atoms with E-state index in [1.165, 1.54) is 27.4 Å². The van der Waals surface area contributed by atoms with Gasteiger partial charge < -0.3 is 9.64 Å². The highest BCUT2D eigenvalue weighted by molar-refractivity contribution is 7.88. The van der Waals surface area contributed by atoms with Crippen LogP contribution in [0.5, 0.6) is 0 Å². The summed E-state index contributed by atoms with van der Waals surface area (Å²) < 4.78 is 44.7. The van der Waals surface area contributed by atoms with Crippen LogP contribution in [0.4, 0.5) is 9.18 Å². The molecule has 9 heteroatoms. The number of halogens is 2. The molecule has 1 aromatic carbocycles. The molecular formula is C14H18ClFN2O4S. The molecule has 23 heavy (non-hydrogen) atoms. The van der Waals surface area contributed by atoms with Crippen molar-refractivity contribution in [3.8, 4) is 0 Å². The van der Waals surface area contributed by atoms with E-state index in [1.54, 1.807) is 6.92 Å². The molecule has 1 heterocycles. The molecule has 128 valence electrons. The van der Waals surface area contributed by atoms with E-state index in [4.69, 9.17) is 16.3 Å². The maximum absolute atomic E-state index is 13.8. The number of sulfonamides is 1. The lowest BCUT2D eigenvalue weighted by molar-refractivity contribution is 0.0934. The average molecular weight is 365 g/mol. The molecule has 0 atom stereocenters. The highest BCUT2D eigenvalue weighted by atomic mass is 35.5. The lowest BCUT2D eigenvalue weighted by Gasteiger charge is -2.33. The van der Waals surface area contributed by atoms with Gasteiger partial charge in [0.05, 0.1) is 12.4 Å². The van der Waals surface area contributed by atoms with Crippen LogP contribution in [0.1, 0.15) is 12.5 Å². The van der Waals surface area contributed by atoms with E-state index in [-0.39, 0.29) is 43.4 Å². The van der Waals surface area contributed by atoms with Gasteiger partial charge in [-0.2, -0.15) is 4.31 Å². The summed E-state index contributed by atoms with van der Waals surface area (Å²) in [5.74, 6) is -1.15. The Balaban J connectivity index is 2.03. The summed E-state index contributed by atoms with van der Waals surface area (Å²) in [6.45, 7) is 2.74. The fourth-order valence-corrected chi connectivity index (χ4v) is 4.18. The first-order valence-corrected chi connectivity index (χ1v) is 9.16. The summed E-state index contributed by atoms with van der Waals surface area (Å²) in [6, 6.07) is 4.05. The van der Waals surface area contributed by atoms with E-state index in [0.717, 1.165) is 0 Å². The Bertz CT molecular complexity index is 655. The lowest BCUT2D eigenvalue weighted by atomic mass is 10.2. The van der Waals surface area contributed by atoms with Gasteiger partial charge in [-0.05, 0) is 19.1 Å². The number of carbonyl (C=O) groups excluding carboxylic acids is 1. The summed E-state index contributed by atoms with van der Waals surface area (Å²) in [7, 11) is -3.71. The molecule has 0 N–H and O–H groups in total. The number of carbonyl (C=O) groups is 1. The number of hydrogen-bond acceptors (Lipinski definition) is 4. The smallest absolute Gasteiger partial charge is 0.409 e. The van der Waals surface area contributed by atoms with Crippen molar-refractivity contribution in [1.82, 2.24) is 9.21 Å². The van der Waals surface area contributed by atoms with Crippen LogP contribution in [0.3, 0.4) is 0 Å². The number of amides is 1. The normalized spacial score (nSPS) is 16.4. The average Bonchev–Trinajstić information content (AvgIpc) is 2.51. The van der Waals surface area contributed by atoms with E-state index in [2.05, 4.69) is 0 Å². The third kappa shape index (κ3) is 4.33. The summed E-state index contributed by atoms with van der Waals surface area (Å²) >= 11 is 5.88. The minimum absolute atomic E-state index is 0.0398. The van der Waals surface area contributed by atoms with Gasteiger partial charge in [-0.3, -0.25) is 0 Å². The number of hydrogen-bond donors (Lipinski definition) is 0. The zero-order chi connectivity index (χ0) is 17.0. The number of nitrogens with zero attached hydrogens (tertiary/aromatic N) is 2. The van der Waals surface area contributed by atoms with Gasteiger partial charge in [-0.25, -0.2) is 17.6 Å². The Morgan fingerprint density at radius 2 is 1.96 bits per heavy atom. The standard InChI is InChI=1S/C14H18ClFN2O4S/c1-2-22-14(19)17-6-8-18(9-7-17)23(20,21)10-11-12(15)4-3-5-13(11)16/h3-5H,2,6-10H2,1H3. The van der Waals surface area contributed by atoms with Gasteiger partial charge in [0.25, 0.3) is 0 Å². The second-order valence-corrected chi connectivity index (χ2v) is 7.42. The van der Waals surface area contributed by atoms with Crippen molar-refractivity contribution in [3.05, 3.63) is 34.6 Å². The van der Waals surface area contributed by atoms with Gasteiger partial charge in [-0.15, -0.1) is 0 Å². The van der Waals surface area contributed by atoms with Crippen LogP contribution in [-0.4, -0.2) is 56.5 Å². The number of piperazine rings is 1.